The Hall–Kier alpha value is -2.58. The molecule has 1 atom stereocenters. The summed E-state index contributed by atoms with van der Waals surface area (Å²) >= 11 is 6.98. The summed E-state index contributed by atoms with van der Waals surface area (Å²) in [5.74, 6) is 1.42. The highest BCUT2D eigenvalue weighted by Gasteiger charge is 2.32. The predicted octanol–water partition coefficient (Wildman–Crippen LogP) is 3.12. The Kier molecular flexibility index (Phi) is 4.75. The maximum absolute atomic E-state index is 13.0. The molecule has 0 unspecified atom stereocenters. The molecule has 0 saturated heterocycles. The number of thiophene rings is 1. The number of benzene rings is 1. The molecular formula is C19H19N5OS2. The molecular weight excluding hydrogens is 378 g/mol. The zero-order valence-corrected chi connectivity index (χ0v) is 16.7. The summed E-state index contributed by atoms with van der Waals surface area (Å²) in [6, 6.07) is 11.7. The maximum atomic E-state index is 13.0. The zero-order chi connectivity index (χ0) is 19.0. The highest BCUT2D eigenvalue weighted by molar-refractivity contribution is 7.80. The minimum absolute atomic E-state index is 0.00669. The molecule has 2 aromatic heterocycles. The van der Waals surface area contributed by atoms with Gasteiger partial charge in [-0.05, 0) is 36.1 Å². The van der Waals surface area contributed by atoms with Crippen LogP contribution in [0.4, 0.5) is 0 Å². The number of hydrogen-bond donors (Lipinski definition) is 1. The number of thiocarbonyl (C=S) groups is 1. The summed E-state index contributed by atoms with van der Waals surface area (Å²) in [7, 11) is 1.77. The van der Waals surface area contributed by atoms with Gasteiger partial charge in [-0.2, -0.15) is 0 Å². The molecule has 0 spiro atoms. The summed E-state index contributed by atoms with van der Waals surface area (Å²) < 4.78 is 1.99. The molecule has 4 rings (SSSR count). The van der Waals surface area contributed by atoms with E-state index in [4.69, 9.17) is 12.2 Å². The molecule has 0 radical (unpaired) electrons. The van der Waals surface area contributed by atoms with E-state index < -0.39 is 0 Å². The van der Waals surface area contributed by atoms with E-state index in [1.165, 1.54) is 4.88 Å². The molecule has 0 bridgehead atoms. The van der Waals surface area contributed by atoms with Crippen LogP contribution >= 0.6 is 23.6 Å². The third-order valence-corrected chi connectivity index (χ3v) is 6.12. The second-order valence-electron chi connectivity index (χ2n) is 6.34. The van der Waals surface area contributed by atoms with Crippen molar-refractivity contribution in [2.75, 3.05) is 13.6 Å². The Morgan fingerprint density at radius 2 is 2.00 bits per heavy atom. The van der Waals surface area contributed by atoms with Crippen LogP contribution in [0.25, 0.3) is 10.4 Å². The minimum atomic E-state index is -0.163. The Morgan fingerprint density at radius 3 is 2.67 bits per heavy atom. The molecule has 1 N–H and O–H groups in total. The average Bonchev–Trinajstić information content (AvgIpc) is 3.38. The van der Waals surface area contributed by atoms with Gasteiger partial charge < -0.3 is 14.8 Å². The molecule has 0 saturated carbocycles. The van der Waals surface area contributed by atoms with Gasteiger partial charge in [0.25, 0.3) is 5.91 Å². The number of rotatable bonds is 3. The molecule has 0 aliphatic carbocycles. The normalized spacial score (nSPS) is 16.1. The average molecular weight is 398 g/mol. The van der Waals surface area contributed by atoms with Crippen molar-refractivity contribution in [2.24, 2.45) is 0 Å². The van der Waals surface area contributed by atoms with Crippen LogP contribution in [0.15, 0.2) is 41.8 Å². The molecule has 1 amide bonds. The van der Waals surface area contributed by atoms with Crippen LogP contribution < -0.4 is 5.32 Å². The number of fused-ring (bicyclic) bond motifs is 1. The van der Waals surface area contributed by atoms with Crippen molar-refractivity contribution < 1.29 is 4.79 Å². The van der Waals surface area contributed by atoms with Gasteiger partial charge in [0, 0.05) is 30.6 Å². The van der Waals surface area contributed by atoms with E-state index in [-0.39, 0.29) is 11.9 Å². The molecule has 0 fully saturated rings. The van der Waals surface area contributed by atoms with E-state index in [0.29, 0.717) is 29.5 Å². The Labute approximate surface area is 166 Å². The van der Waals surface area contributed by atoms with E-state index in [1.807, 2.05) is 52.1 Å². The van der Waals surface area contributed by atoms with Crippen LogP contribution in [0.1, 0.15) is 35.0 Å². The number of nitrogens with zero attached hydrogens (tertiary/aromatic N) is 4. The summed E-state index contributed by atoms with van der Waals surface area (Å²) in [4.78, 5) is 16.6. The zero-order valence-electron chi connectivity index (χ0n) is 15.0. The second-order valence-corrected chi connectivity index (χ2v) is 7.70. The van der Waals surface area contributed by atoms with Crippen molar-refractivity contribution in [1.29, 1.82) is 0 Å². The fourth-order valence-electron chi connectivity index (χ4n) is 3.33. The molecule has 6 nitrogen and oxygen atoms in total. The molecule has 8 heteroatoms. The molecule has 138 valence electrons. The van der Waals surface area contributed by atoms with E-state index in [9.17, 15) is 4.79 Å². The molecule has 3 aromatic rings. The van der Waals surface area contributed by atoms with Crippen LogP contribution in [0.2, 0.25) is 0 Å². The standard InChI is InChI=1S/C19H19N5OS2/c1-12-16-21-22-17(18(26)20-2)24(16)10-9-23(12)19(25)14-7-5-13(6-8-14)15-4-3-11-27-15/h3-8,11-12H,9-10H2,1-2H3,(H,20,26)/t12-/m1/s1. The smallest absolute Gasteiger partial charge is 0.254 e. The number of aromatic nitrogens is 3. The minimum Gasteiger partial charge on any atom is -0.376 e. The molecule has 1 aromatic carbocycles. The Bertz CT molecular complexity index is 978. The van der Waals surface area contributed by atoms with Gasteiger partial charge in [0.15, 0.2) is 11.6 Å². The summed E-state index contributed by atoms with van der Waals surface area (Å²) in [5.41, 5.74) is 1.80. The number of carbonyl (C=O) groups excluding carboxylic acids is 1. The monoisotopic (exact) mass is 397 g/mol. The second kappa shape index (κ2) is 7.21. The number of carbonyl (C=O) groups is 1. The lowest BCUT2D eigenvalue weighted by Gasteiger charge is -2.33. The fourth-order valence-corrected chi connectivity index (χ4v) is 4.21. The third-order valence-electron chi connectivity index (χ3n) is 4.81. The van der Waals surface area contributed by atoms with Crippen LogP contribution in [0.5, 0.6) is 0 Å². The highest BCUT2D eigenvalue weighted by Crippen LogP contribution is 2.28. The van der Waals surface area contributed by atoms with Gasteiger partial charge in [-0.3, -0.25) is 4.79 Å². The third kappa shape index (κ3) is 3.15. The van der Waals surface area contributed by atoms with Crippen LogP contribution in [0.3, 0.4) is 0 Å². The number of amides is 1. The van der Waals surface area contributed by atoms with Crippen molar-refractivity contribution >= 4 is 34.5 Å². The summed E-state index contributed by atoms with van der Waals surface area (Å²) in [5, 5.41) is 13.5. The van der Waals surface area contributed by atoms with E-state index in [2.05, 4.69) is 21.6 Å². The van der Waals surface area contributed by atoms with E-state index >= 15 is 0 Å². The first-order valence-corrected chi connectivity index (χ1v) is 9.99. The maximum Gasteiger partial charge on any atom is 0.254 e. The lowest BCUT2D eigenvalue weighted by Crippen LogP contribution is -2.42. The molecule has 27 heavy (non-hydrogen) atoms. The quantitative estimate of drug-likeness (QED) is 0.688. The van der Waals surface area contributed by atoms with Crippen molar-refractivity contribution in [3.05, 3.63) is 59.0 Å². The van der Waals surface area contributed by atoms with Crippen LogP contribution in [-0.4, -0.2) is 44.2 Å². The van der Waals surface area contributed by atoms with Gasteiger partial charge in [-0.15, -0.1) is 21.5 Å². The van der Waals surface area contributed by atoms with Crippen molar-refractivity contribution in [1.82, 2.24) is 25.0 Å². The fraction of sp³-hybridized carbons (Fsp3) is 0.263. The van der Waals surface area contributed by atoms with Crippen molar-refractivity contribution in [3.8, 4) is 10.4 Å². The summed E-state index contributed by atoms with van der Waals surface area (Å²) in [6.07, 6.45) is 0. The van der Waals surface area contributed by atoms with Gasteiger partial charge >= 0.3 is 0 Å². The van der Waals surface area contributed by atoms with E-state index in [0.717, 1.165) is 11.4 Å². The number of nitrogens with one attached hydrogen (secondary N) is 1. The molecule has 1 aliphatic heterocycles. The number of hydrogen-bond acceptors (Lipinski definition) is 5. The first kappa shape index (κ1) is 17.8. The highest BCUT2D eigenvalue weighted by atomic mass is 32.1. The summed E-state index contributed by atoms with van der Waals surface area (Å²) in [6.45, 7) is 3.20. The van der Waals surface area contributed by atoms with Gasteiger partial charge in [0.1, 0.15) is 4.99 Å². The predicted molar refractivity (Wildman–Crippen MR) is 110 cm³/mol. The first-order valence-electron chi connectivity index (χ1n) is 8.70. The van der Waals surface area contributed by atoms with Gasteiger partial charge in [0.05, 0.1) is 6.04 Å². The largest absolute Gasteiger partial charge is 0.376 e. The molecule has 1 aliphatic rings. The van der Waals surface area contributed by atoms with E-state index in [1.54, 1.807) is 18.4 Å². The lowest BCUT2D eigenvalue weighted by atomic mass is 10.1. The van der Waals surface area contributed by atoms with Gasteiger partial charge in [0.2, 0.25) is 0 Å². The van der Waals surface area contributed by atoms with Crippen molar-refractivity contribution in [3.63, 3.8) is 0 Å². The van der Waals surface area contributed by atoms with Crippen LogP contribution in [-0.2, 0) is 6.54 Å². The van der Waals surface area contributed by atoms with Crippen LogP contribution in [0, 0.1) is 0 Å². The topological polar surface area (TPSA) is 63.1 Å². The Balaban J connectivity index is 1.56. The SMILES string of the molecule is CNC(=S)c1nnc2n1CCN(C(=O)c1ccc(-c3cccs3)cc1)[C@@H]2C. The van der Waals surface area contributed by atoms with Crippen molar-refractivity contribution in [2.45, 2.75) is 19.5 Å². The lowest BCUT2D eigenvalue weighted by molar-refractivity contribution is 0.0637. The Morgan fingerprint density at radius 1 is 1.22 bits per heavy atom. The first-order chi connectivity index (χ1) is 13.1. The van der Waals surface area contributed by atoms with Gasteiger partial charge in [-0.1, -0.05) is 30.4 Å². The molecule has 3 heterocycles. The van der Waals surface area contributed by atoms with Gasteiger partial charge in [-0.25, -0.2) is 0 Å².